The molecule has 1 heterocycles. The number of benzene rings is 1. The van der Waals surface area contributed by atoms with Crippen LogP contribution in [0.2, 0.25) is 0 Å². The van der Waals surface area contributed by atoms with E-state index in [1.807, 2.05) is 31.2 Å². The molecule has 0 saturated heterocycles. The van der Waals surface area contributed by atoms with Crippen molar-refractivity contribution < 1.29 is 9.90 Å². The molecule has 0 aliphatic heterocycles. The molecule has 17 heavy (non-hydrogen) atoms. The van der Waals surface area contributed by atoms with Crippen LogP contribution in [0, 0.1) is 6.92 Å². The molecule has 0 spiro atoms. The molecule has 3 N–H and O–H groups in total. The van der Waals surface area contributed by atoms with E-state index in [4.69, 9.17) is 5.11 Å². The number of aromatic amines is 2. The van der Waals surface area contributed by atoms with Gasteiger partial charge in [-0.1, -0.05) is 29.8 Å². The highest BCUT2D eigenvalue weighted by atomic mass is 16.4. The number of hydrogen-bond acceptors (Lipinski definition) is 2. The smallest absolute Gasteiger partial charge is 0.354 e. The third kappa shape index (κ3) is 2.44. The molecule has 1 aromatic heterocycles. The summed E-state index contributed by atoms with van der Waals surface area (Å²) >= 11 is 0. The Morgan fingerprint density at radius 1 is 1.35 bits per heavy atom. The largest absolute Gasteiger partial charge is 0.477 e. The number of imidazole rings is 1. The SMILES string of the molecule is Cc1cccc(Cc2[nH]c(=O)[nH]c2C(=O)O)c1. The lowest BCUT2D eigenvalue weighted by Crippen LogP contribution is -2.04. The predicted molar refractivity (Wildman–Crippen MR) is 62.4 cm³/mol. The Morgan fingerprint density at radius 2 is 2.12 bits per heavy atom. The fraction of sp³-hybridized carbons (Fsp3) is 0.167. The molecule has 0 bridgehead atoms. The highest BCUT2D eigenvalue weighted by Gasteiger charge is 2.14. The van der Waals surface area contributed by atoms with Crippen LogP contribution in [-0.2, 0) is 6.42 Å². The van der Waals surface area contributed by atoms with Gasteiger partial charge in [0.1, 0.15) is 5.69 Å². The van der Waals surface area contributed by atoms with E-state index in [2.05, 4.69) is 9.97 Å². The lowest BCUT2D eigenvalue weighted by molar-refractivity contribution is 0.0690. The first-order valence-corrected chi connectivity index (χ1v) is 5.16. The van der Waals surface area contributed by atoms with Crippen LogP contribution in [-0.4, -0.2) is 21.0 Å². The number of carboxylic acids is 1. The van der Waals surface area contributed by atoms with Crippen molar-refractivity contribution in [3.05, 3.63) is 57.3 Å². The summed E-state index contributed by atoms with van der Waals surface area (Å²) in [4.78, 5) is 26.8. The molecule has 5 nitrogen and oxygen atoms in total. The average molecular weight is 232 g/mol. The number of aromatic nitrogens is 2. The fourth-order valence-electron chi connectivity index (χ4n) is 1.76. The molecule has 0 fully saturated rings. The number of aromatic carboxylic acids is 1. The first kappa shape index (κ1) is 11.2. The Balaban J connectivity index is 2.36. The van der Waals surface area contributed by atoms with Crippen molar-refractivity contribution in [2.24, 2.45) is 0 Å². The van der Waals surface area contributed by atoms with Gasteiger partial charge in [0, 0.05) is 6.42 Å². The fourth-order valence-corrected chi connectivity index (χ4v) is 1.76. The van der Waals surface area contributed by atoms with E-state index >= 15 is 0 Å². The maximum absolute atomic E-state index is 11.1. The van der Waals surface area contributed by atoms with Gasteiger partial charge in [0.15, 0.2) is 0 Å². The number of H-pyrrole nitrogens is 2. The van der Waals surface area contributed by atoms with Crippen LogP contribution >= 0.6 is 0 Å². The van der Waals surface area contributed by atoms with Crippen molar-refractivity contribution in [3.63, 3.8) is 0 Å². The first-order chi connectivity index (χ1) is 8.06. The highest BCUT2D eigenvalue weighted by Crippen LogP contribution is 2.11. The van der Waals surface area contributed by atoms with Crippen molar-refractivity contribution in [2.45, 2.75) is 13.3 Å². The Hall–Kier alpha value is -2.30. The summed E-state index contributed by atoms with van der Waals surface area (Å²) in [5.41, 5.74) is 1.88. The second kappa shape index (κ2) is 4.29. The van der Waals surface area contributed by atoms with Crippen LogP contribution in [0.5, 0.6) is 0 Å². The quantitative estimate of drug-likeness (QED) is 0.745. The molecule has 0 unspecified atom stereocenters. The van der Waals surface area contributed by atoms with Gasteiger partial charge in [-0.05, 0) is 12.5 Å². The van der Waals surface area contributed by atoms with E-state index in [9.17, 15) is 9.59 Å². The number of aryl methyl sites for hydroxylation is 1. The number of hydrogen-bond donors (Lipinski definition) is 3. The molecule has 0 saturated carbocycles. The Labute approximate surface area is 97.1 Å². The van der Waals surface area contributed by atoms with Crippen LogP contribution in [0.4, 0.5) is 0 Å². The van der Waals surface area contributed by atoms with Crippen molar-refractivity contribution in [1.29, 1.82) is 0 Å². The zero-order valence-corrected chi connectivity index (χ0v) is 9.28. The summed E-state index contributed by atoms with van der Waals surface area (Å²) in [5, 5.41) is 8.92. The molecule has 0 atom stereocenters. The van der Waals surface area contributed by atoms with E-state index in [1.54, 1.807) is 0 Å². The van der Waals surface area contributed by atoms with E-state index in [-0.39, 0.29) is 5.69 Å². The van der Waals surface area contributed by atoms with Crippen LogP contribution in [0.1, 0.15) is 27.3 Å². The molecule has 0 aliphatic rings. The van der Waals surface area contributed by atoms with Gasteiger partial charge in [-0.15, -0.1) is 0 Å². The van der Waals surface area contributed by atoms with E-state index in [0.29, 0.717) is 12.1 Å². The summed E-state index contributed by atoms with van der Waals surface area (Å²) < 4.78 is 0. The zero-order valence-electron chi connectivity index (χ0n) is 9.28. The van der Waals surface area contributed by atoms with Gasteiger partial charge in [-0.3, -0.25) is 4.98 Å². The minimum Gasteiger partial charge on any atom is -0.477 e. The average Bonchev–Trinajstić information content (AvgIpc) is 2.59. The third-order valence-electron chi connectivity index (χ3n) is 2.48. The third-order valence-corrected chi connectivity index (χ3v) is 2.48. The normalized spacial score (nSPS) is 10.4. The van der Waals surface area contributed by atoms with Crippen molar-refractivity contribution in [2.75, 3.05) is 0 Å². The van der Waals surface area contributed by atoms with Gasteiger partial charge in [-0.2, -0.15) is 0 Å². The van der Waals surface area contributed by atoms with E-state index in [0.717, 1.165) is 11.1 Å². The maximum atomic E-state index is 11.1. The van der Waals surface area contributed by atoms with E-state index < -0.39 is 11.7 Å². The number of rotatable bonds is 3. The van der Waals surface area contributed by atoms with Crippen LogP contribution in [0.25, 0.3) is 0 Å². The highest BCUT2D eigenvalue weighted by molar-refractivity contribution is 5.86. The minimum absolute atomic E-state index is 0.0727. The molecule has 0 aliphatic carbocycles. The summed E-state index contributed by atoms with van der Waals surface area (Å²) in [6, 6.07) is 7.71. The summed E-state index contributed by atoms with van der Waals surface area (Å²) in [6.45, 7) is 1.96. The van der Waals surface area contributed by atoms with Crippen molar-refractivity contribution in [3.8, 4) is 0 Å². The molecule has 5 heteroatoms. The topological polar surface area (TPSA) is 86.0 Å². The Kier molecular flexibility index (Phi) is 2.82. The van der Waals surface area contributed by atoms with Gasteiger partial charge in [0.05, 0.1) is 5.69 Å². The minimum atomic E-state index is -1.13. The van der Waals surface area contributed by atoms with Crippen molar-refractivity contribution in [1.82, 2.24) is 9.97 Å². The van der Waals surface area contributed by atoms with Crippen LogP contribution in [0.3, 0.4) is 0 Å². The van der Waals surface area contributed by atoms with Crippen molar-refractivity contribution >= 4 is 5.97 Å². The van der Waals surface area contributed by atoms with Gasteiger partial charge >= 0.3 is 11.7 Å². The maximum Gasteiger partial charge on any atom is 0.354 e. The van der Waals surface area contributed by atoms with Gasteiger partial charge in [0.25, 0.3) is 0 Å². The van der Waals surface area contributed by atoms with Crippen LogP contribution < -0.4 is 5.69 Å². The molecular formula is C12H12N2O3. The molecule has 2 rings (SSSR count). The Morgan fingerprint density at radius 3 is 2.76 bits per heavy atom. The van der Waals surface area contributed by atoms with Gasteiger partial charge in [-0.25, -0.2) is 9.59 Å². The van der Waals surface area contributed by atoms with Gasteiger partial charge < -0.3 is 10.1 Å². The number of carboxylic acid groups (broad SMARTS) is 1. The second-order valence-corrected chi connectivity index (χ2v) is 3.90. The molecule has 1 aromatic carbocycles. The lowest BCUT2D eigenvalue weighted by Gasteiger charge is -2.01. The standard InChI is InChI=1S/C12H12N2O3/c1-7-3-2-4-8(5-7)6-9-10(11(15)16)14-12(17)13-9/h2-5H,6H2,1H3,(H,15,16)(H2,13,14,17). The summed E-state index contributed by atoms with van der Waals surface area (Å²) in [5.74, 6) is -1.13. The van der Waals surface area contributed by atoms with Crippen LogP contribution in [0.15, 0.2) is 29.1 Å². The lowest BCUT2D eigenvalue weighted by atomic mass is 10.1. The summed E-state index contributed by atoms with van der Waals surface area (Å²) in [7, 11) is 0. The predicted octanol–water partition coefficient (Wildman–Crippen LogP) is 1.30. The summed E-state index contributed by atoms with van der Waals surface area (Å²) in [6.07, 6.45) is 0.391. The number of carbonyl (C=O) groups is 1. The molecule has 2 aromatic rings. The molecule has 0 amide bonds. The monoisotopic (exact) mass is 232 g/mol. The molecular weight excluding hydrogens is 220 g/mol. The first-order valence-electron chi connectivity index (χ1n) is 5.16. The van der Waals surface area contributed by atoms with Gasteiger partial charge in [0.2, 0.25) is 0 Å². The molecule has 0 radical (unpaired) electrons. The second-order valence-electron chi connectivity index (χ2n) is 3.90. The molecule has 88 valence electrons. The zero-order chi connectivity index (χ0) is 12.4. The Bertz CT molecular complexity index is 610. The van der Waals surface area contributed by atoms with E-state index in [1.165, 1.54) is 0 Å². The number of nitrogens with one attached hydrogen (secondary N) is 2.